The number of nitrogens with zero attached hydrogens (tertiary/aromatic N) is 1. The number of carboxylic acid groups (broad SMARTS) is 1. The van der Waals surface area contributed by atoms with Crippen molar-refractivity contribution in [1.29, 1.82) is 0 Å². The third-order valence-corrected chi connectivity index (χ3v) is 4.39. The number of ether oxygens (including phenoxy) is 1. The number of carbonyl (C=O) groups excluding carboxylic acids is 1. The molecule has 0 saturated carbocycles. The lowest BCUT2D eigenvalue weighted by atomic mass is 9.77. The molecule has 4 heterocycles. The van der Waals surface area contributed by atoms with Gasteiger partial charge in [-0.1, -0.05) is 12.2 Å². The van der Waals surface area contributed by atoms with E-state index >= 15 is 0 Å². The second-order valence-corrected chi connectivity index (χ2v) is 5.51. The van der Waals surface area contributed by atoms with Gasteiger partial charge in [-0.05, 0) is 12.1 Å². The highest BCUT2D eigenvalue weighted by atomic mass is 16.5. The number of furan rings is 1. The Hall–Kier alpha value is -2.08. The first kappa shape index (κ1) is 11.7. The molecule has 4 atom stereocenters. The highest BCUT2D eigenvalue weighted by molar-refractivity contribution is 5.90. The van der Waals surface area contributed by atoms with E-state index in [9.17, 15) is 14.7 Å². The molecule has 1 amide bonds. The third kappa shape index (κ3) is 1.37. The van der Waals surface area contributed by atoms with E-state index in [2.05, 4.69) is 0 Å². The van der Waals surface area contributed by atoms with Crippen molar-refractivity contribution in [3.63, 3.8) is 0 Å². The minimum atomic E-state index is -0.973. The molecule has 2 bridgehead atoms. The quantitative estimate of drug-likeness (QED) is 0.819. The molecule has 0 aromatic carbocycles. The number of likely N-dealkylation sites (tertiary alicyclic amines) is 1. The lowest BCUT2D eigenvalue weighted by Crippen LogP contribution is -2.39. The summed E-state index contributed by atoms with van der Waals surface area (Å²) < 4.78 is 11.0. The summed E-state index contributed by atoms with van der Waals surface area (Å²) in [6.45, 7) is 0.728. The highest BCUT2D eigenvalue weighted by Crippen LogP contribution is 2.52. The van der Waals surface area contributed by atoms with Crippen LogP contribution in [0, 0.1) is 11.8 Å². The molecule has 1 aromatic heterocycles. The third-order valence-electron chi connectivity index (χ3n) is 4.39. The number of carboxylic acids is 1. The van der Waals surface area contributed by atoms with Gasteiger partial charge in [0, 0.05) is 0 Å². The van der Waals surface area contributed by atoms with Gasteiger partial charge in [0.25, 0.3) is 0 Å². The maximum atomic E-state index is 12.5. The van der Waals surface area contributed by atoms with E-state index < -0.39 is 29.5 Å². The molecule has 0 unspecified atom stereocenters. The predicted octanol–water partition coefficient (Wildman–Crippen LogP) is 0.646. The van der Waals surface area contributed by atoms with E-state index in [4.69, 9.17) is 9.15 Å². The summed E-state index contributed by atoms with van der Waals surface area (Å²) in [7, 11) is 0. The summed E-state index contributed by atoms with van der Waals surface area (Å²) in [6, 6.07) is 3.55. The van der Waals surface area contributed by atoms with Crippen molar-refractivity contribution in [1.82, 2.24) is 4.90 Å². The van der Waals surface area contributed by atoms with Crippen molar-refractivity contribution in [2.45, 2.75) is 18.2 Å². The van der Waals surface area contributed by atoms with Crippen LogP contribution in [0.2, 0.25) is 0 Å². The fourth-order valence-corrected chi connectivity index (χ4v) is 3.58. The van der Waals surface area contributed by atoms with E-state index in [-0.39, 0.29) is 5.91 Å². The molecule has 2 saturated heterocycles. The van der Waals surface area contributed by atoms with Crippen molar-refractivity contribution in [2.75, 3.05) is 6.54 Å². The van der Waals surface area contributed by atoms with Gasteiger partial charge in [0.15, 0.2) is 0 Å². The Bertz CT molecular complexity index is 607. The van der Waals surface area contributed by atoms with Crippen LogP contribution in [0.15, 0.2) is 35.0 Å². The second-order valence-electron chi connectivity index (χ2n) is 5.51. The first-order valence-electron chi connectivity index (χ1n) is 6.52. The minimum Gasteiger partial charge on any atom is -0.481 e. The molecule has 2 fully saturated rings. The molecule has 0 radical (unpaired) electrons. The number of fused-ring (bicyclic) bond motifs is 1. The van der Waals surface area contributed by atoms with Gasteiger partial charge in [0.05, 0.1) is 31.4 Å². The van der Waals surface area contributed by atoms with Crippen LogP contribution in [-0.2, 0) is 20.9 Å². The van der Waals surface area contributed by atoms with Gasteiger partial charge in [-0.15, -0.1) is 0 Å². The molecule has 6 heteroatoms. The average Bonchev–Trinajstić information content (AvgIpc) is 3.12. The van der Waals surface area contributed by atoms with Crippen LogP contribution in [0.3, 0.4) is 0 Å². The van der Waals surface area contributed by atoms with Crippen molar-refractivity contribution < 1.29 is 23.8 Å². The molecule has 6 nitrogen and oxygen atoms in total. The maximum Gasteiger partial charge on any atom is 0.310 e. The van der Waals surface area contributed by atoms with Crippen LogP contribution < -0.4 is 0 Å². The zero-order valence-electron chi connectivity index (χ0n) is 10.6. The van der Waals surface area contributed by atoms with Crippen LogP contribution in [0.1, 0.15) is 5.76 Å². The Morgan fingerprint density at radius 3 is 3.10 bits per heavy atom. The van der Waals surface area contributed by atoms with Gasteiger partial charge in [-0.25, -0.2) is 0 Å². The number of hydrogen-bond donors (Lipinski definition) is 1. The van der Waals surface area contributed by atoms with E-state index in [1.54, 1.807) is 29.4 Å². The van der Waals surface area contributed by atoms with Crippen LogP contribution in [0.5, 0.6) is 0 Å². The topological polar surface area (TPSA) is 80.0 Å². The standard InChI is InChI=1S/C14H13NO5/c16-12-11-10(13(17)18)9-3-4-14(11,20-9)7-15(12)6-8-2-1-5-19-8/h1-5,9-11H,6-7H2,(H,17,18)/t9-,10+,11+,14+/m1/s1. The number of amides is 1. The largest absolute Gasteiger partial charge is 0.481 e. The SMILES string of the molecule is O=C(O)[C@@H]1[C@H]2C(=O)N(Cc3ccco3)C[C@@]23C=C[C@H]1O3. The molecular formula is C14H13NO5. The van der Waals surface area contributed by atoms with Gasteiger partial charge >= 0.3 is 5.97 Å². The van der Waals surface area contributed by atoms with Gasteiger partial charge in [-0.3, -0.25) is 9.59 Å². The number of aliphatic carboxylic acids is 1. The lowest BCUT2D eigenvalue weighted by Gasteiger charge is -2.21. The normalized spacial score (nSPS) is 37.7. The summed E-state index contributed by atoms with van der Waals surface area (Å²) >= 11 is 0. The monoisotopic (exact) mass is 275 g/mol. The average molecular weight is 275 g/mol. The van der Waals surface area contributed by atoms with Gasteiger partial charge in [0.1, 0.15) is 17.3 Å². The Morgan fingerprint density at radius 2 is 2.40 bits per heavy atom. The van der Waals surface area contributed by atoms with Gasteiger partial charge < -0.3 is 19.2 Å². The van der Waals surface area contributed by atoms with Crippen LogP contribution in [0.25, 0.3) is 0 Å². The van der Waals surface area contributed by atoms with Gasteiger partial charge in [-0.2, -0.15) is 0 Å². The zero-order valence-corrected chi connectivity index (χ0v) is 10.6. The van der Waals surface area contributed by atoms with Crippen LogP contribution in [-0.4, -0.2) is 40.1 Å². The highest BCUT2D eigenvalue weighted by Gasteiger charge is 2.67. The molecule has 4 rings (SSSR count). The molecule has 3 aliphatic heterocycles. The smallest absolute Gasteiger partial charge is 0.310 e. The van der Waals surface area contributed by atoms with Crippen molar-refractivity contribution in [2.24, 2.45) is 11.8 Å². The summed E-state index contributed by atoms with van der Waals surface area (Å²) in [6.07, 6.45) is 4.69. The van der Waals surface area contributed by atoms with Crippen molar-refractivity contribution in [3.8, 4) is 0 Å². The van der Waals surface area contributed by atoms with Crippen LogP contribution in [0.4, 0.5) is 0 Å². The second kappa shape index (κ2) is 3.73. The van der Waals surface area contributed by atoms with Crippen LogP contribution >= 0.6 is 0 Å². The molecule has 20 heavy (non-hydrogen) atoms. The zero-order chi connectivity index (χ0) is 13.9. The first-order valence-corrected chi connectivity index (χ1v) is 6.52. The Kier molecular flexibility index (Phi) is 2.18. The Balaban J connectivity index is 1.65. The van der Waals surface area contributed by atoms with Gasteiger partial charge in [0.2, 0.25) is 5.91 Å². The summed E-state index contributed by atoms with van der Waals surface area (Å²) in [4.78, 5) is 25.5. The fraction of sp³-hybridized carbons (Fsp3) is 0.429. The number of carbonyl (C=O) groups is 2. The minimum absolute atomic E-state index is 0.166. The number of hydrogen-bond acceptors (Lipinski definition) is 4. The summed E-state index contributed by atoms with van der Waals surface area (Å²) in [5.74, 6) is -1.86. The number of rotatable bonds is 3. The maximum absolute atomic E-state index is 12.5. The molecule has 1 spiro atoms. The molecule has 0 aliphatic carbocycles. The van der Waals surface area contributed by atoms with E-state index in [0.29, 0.717) is 18.8 Å². The Morgan fingerprint density at radius 1 is 1.55 bits per heavy atom. The van der Waals surface area contributed by atoms with Crippen molar-refractivity contribution in [3.05, 3.63) is 36.3 Å². The molecule has 104 valence electrons. The van der Waals surface area contributed by atoms with E-state index in [1.165, 1.54) is 0 Å². The molecular weight excluding hydrogens is 262 g/mol. The van der Waals surface area contributed by atoms with E-state index in [1.807, 2.05) is 6.08 Å². The summed E-state index contributed by atoms with van der Waals surface area (Å²) in [5.41, 5.74) is -0.766. The molecule has 1 N–H and O–H groups in total. The van der Waals surface area contributed by atoms with Crippen molar-refractivity contribution >= 4 is 11.9 Å². The predicted molar refractivity (Wildman–Crippen MR) is 65.5 cm³/mol. The molecule has 3 aliphatic rings. The fourth-order valence-electron chi connectivity index (χ4n) is 3.58. The first-order chi connectivity index (χ1) is 9.61. The summed E-state index contributed by atoms with van der Waals surface area (Å²) in [5, 5.41) is 9.34. The lowest BCUT2D eigenvalue weighted by molar-refractivity contribution is -0.148. The molecule has 1 aromatic rings. The Labute approximate surface area is 114 Å². The van der Waals surface area contributed by atoms with E-state index in [0.717, 1.165) is 0 Å².